The zero-order chi connectivity index (χ0) is 12.9. The Balaban J connectivity index is 0.00000147. The van der Waals surface area contributed by atoms with Crippen LogP contribution in [-0.2, 0) is 0 Å². The van der Waals surface area contributed by atoms with Crippen molar-refractivity contribution in [2.24, 2.45) is 5.92 Å². The Labute approximate surface area is 127 Å². The first-order valence-corrected chi connectivity index (χ1v) is 7.36. The number of hydrogen-bond donors (Lipinski definition) is 1. The standard InChI is InChI=1S/C14H23N5.ClH/c1-3-15-4-2-13(1)12-18-7-9-19(10-8-18)14-11-16-5-6-17-14;/h5-6,11,13,15H,1-4,7-10,12H2;1H. The highest BCUT2D eigenvalue weighted by molar-refractivity contribution is 5.85. The molecule has 1 aromatic rings. The Hall–Kier alpha value is -0.910. The second-order valence-electron chi connectivity index (χ2n) is 5.54. The number of anilines is 1. The molecule has 1 N–H and O–H groups in total. The van der Waals surface area contributed by atoms with E-state index in [1.807, 2.05) is 6.20 Å². The van der Waals surface area contributed by atoms with Crippen molar-refractivity contribution in [2.45, 2.75) is 12.8 Å². The molecule has 3 rings (SSSR count). The minimum atomic E-state index is 0. The summed E-state index contributed by atoms with van der Waals surface area (Å²) in [5, 5.41) is 3.44. The van der Waals surface area contributed by atoms with Crippen molar-refractivity contribution < 1.29 is 0 Å². The van der Waals surface area contributed by atoms with Crippen LogP contribution in [0.4, 0.5) is 5.82 Å². The van der Waals surface area contributed by atoms with E-state index in [9.17, 15) is 0 Å². The zero-order valence-electron chi connectivity index (χ0n) is 11.9. The fourth-order valence-corrected chi connectivity index (χ4v) is 3.04. The van der Waals surface area contributed by atoms with Crippen molar-refractivity contribution in [3.05, 3.63) is 18.6 Å². The maximum absolute atomic E-state index is 4.38. The van der Waals surface area contributed by atoms with Crippen LogP contribution >= 0.6 is 12.4 Å². The van der Waals surface area contributed by atoms with Gasteiger partial charge < -0.3 is 10.2 Å². The van der Waals surface area contributed by atoms with Crippen LogP contribution in [-0.4, -0.2) is 60.7 Å². The van der Waals surface area contributed by atoms with E-state index in [1.54, 1.807) is 12.4 Å². The molecule has 0 spiro atoms. The average Bonchev–Trinajstić information content (AvgIpc) is 2.50. The van der Waals surface area contributed by atoms with Gasteiger partial charge >= 0.3 is 0 Å². The lowest BCUT2D eigenvalue weighted by Gasteiger charge is -2.37. The molecular formula is C14H24ClN5. The summed E-state index contributed by atoms with van der Waals surface area (Å²) in [6, 6.07) is 0. The third-order valence-corrected chi connectivity index (χ3v) is 4.22. The van der Waals surface area contributed by atoms with Crippen molar-refractivity contribution in [3.63, 3.8) is 0 Å². The predicted octanol–water partition coefficient (Wildman–Crippen LogP) is 1.02. The lowest BCUT2D eigenvalue weighted by molar-refractivity contribution is 0.196. The molecule has 0 unspecified atom stereocenters. The number of nitrogens with zero attached hydrogens (tertiary/aromatic N) is 4. The minimum absolute atomic E-state index is 0. The van der Waals surface area contributed by atoms with Crippen molar-refractivity contribution in [2.75, 3.05) is 50.7 Å². The molecule has 0 amide bonds. The van der Waals surface area contributed by atoms with Gasteiger partial charge in [0.05, 0.1) is 6.20 Å². The first-order chi connectivity index (χ1) is 9.42. The molecule has 0 bridgehead atoms. The number of piperazine rings is 1. The summed E-state index contributed by atoms with van der Waals surface area (Å²) in [6.07, 6.45) is 8.05. The summed E-state index contributed by atoms with van der Waals surface area (Å²) in [4.78, 5) is 13.5. The summed E-state index contributed by atoms with van der Waals surface area (Å²) in [5.74, 6) is 1.91. The van der Waals surface area contributed by atoms with Crippen molar-refractivity contribution in [1.29, 1.82) is 0 Å². The largest absolute Gasteiger partial charge is 0.353 e. The Bertz CT molecular complexity index is 374. The van der Waals surface area contributed by atoms with E-state index in [0.717, 1.165) is 37.9 Å². The molecule has 5 nitrogen and oxygen atoms in total. The SMILES string of the molecule is Cl.c1cnc(N2CCN(CC3CCNCC3)CC2)cn1. The summed E-state index contributed by atoms with van der Waals surface area (Å²) >= 11 is 0. The van der Waals surface area contributed by atoms with Crippen LogP contribution in [0.3, 0.4) is 0 Å². The fourth-order valence-electron chi connectivity index (χ4n) is 3.04. The summed E-state index contributed by atoms with van der Waals surface area (Å²) in [7, 11) is 0. The first kappa shape index (κ1) is 15.5. The first-order valence-electron chi connectivity index (χ1n) is 7.36. The Kier molecular flexibility index (Phi) is 6.01. The Morgan fingerprint density at radius 3 is 2.50 bits per heavy atom. The number of rotatable bonds is 3. The highest BCUT2D eigenvalue weighted by Crippen LogP contribution is 2.16. The van der Waals surface area contributed by atoms with Crippen molar-refractivity contribution in [1.82, 2.24) is 20.2 Å². The summed E-state index contributed by atoms with van der Waals surface area (Å²) in [6.45, 7) is 8.12. The third-order valence-electron chi connectivity index (χ3n) is 4.22. The van der Waals surface area contributed by atoms with Crippen LogP contribution in [0, 0.1) is 5.92 Å². The van der Waals surface area contributed by atoms with Gasteiger partial charge in [0.15, 0.2) is 0 Å². The van der Waals surface area contributed by atoms with Crippen LogP contribution in [0.25, 0.3) is 0 Å². The summed E-state index contributed by atoms with van der Waals surface area (Å²) < 4.78 is 0. The van der Waals surface area contributed by atoms with Gasteiger partial charge in [-0.2, -0.15) is 0 Å². The predicted molar refractivity (Wildman–Crippen MR) is 83.5 cm³/mol. The van der Waals surface area contributed by atoms with E-state index in [0.29, 0.717) is 0 Å². The maximum Gasteiger partial charge on any atom is 0.147 e. The van der Waals surface area contributed by atoms with Crippen LogP contribution < -0.4 is 10.2 Å². The monoisotopic (exact) mass is 297 g/mol. The summed E-state index contributed by atoms with van der Waals surface area (Å²) in [5.41, 5.74) is 0. The highest BCUT2D eigenvalue weighted by atomic mass is 35.5. The molecule has 2 saturated heterocycles. The number of nitrogens with one attached hydrogen (secondary N) is 1. The maximum atomic E-state index is 4.38. The molecule has 2 aliphatic rings. The molecule has 20 heavy (non-hydrogen) atoms. The normalized spacial score (nSPS) is 21.5. The number of halogens is 1. The van der Waals surface area contributed by atoms with Gasteiger partial charge in [-0.3, -0.25) is 9.88 Å². The van der Waals surface area contributed by atoms with E-state index in [2.05, 4.69) is 25.1 Å². The Morgan fingerprint density at radius 2 is 1.85 bits per heavy atom. The second kappa shape index (κ2) is 7.76. The van der Waals surface area contributed by atoms with Gasteiger partial charge in [0.1, 0.15) is 5.82 Å². The molecule has 0 saturated carbocycles. The quantitative estimate of drug-likeness (QED) is 0.902. The minimum Gasteiger partial charge on any atom is -0.353 e. The van der Waals surface area contributed by atoms with E-state index >= 15 is 0 Å². The smallest absolute Gasteiger partial charge is 0.147 e. The second-order valence-corrected chi connectivity index (χ2v) is 5.54. The molecule has 2 fully saturated rings. The van der Waals surface area contributed by atoms with Crippen LogP contribution in [0.1, 0.15) is 12.8 Å². The van der Waals surface area contributed by atoms with Crippen LogP contribution in [0.2, 0.25) is 0 Å². The van der Waals surface area contributed by atoms with Crippen molar-refractivity contribution >= 4 is 18.2 Å². The molecule has 0 atom stereocenters. The third kappa shape index (κ3) is 4.04. The van der Waals surface area contributed by atoms with Crippen molar-refractivity contribution in [3.8, 4) is 0 Å². The van der Waals surface area contributed by atoms with Gasteiger partial charge in [-0.05, 0) is 31.8 Å². The molecule has 3 heterocycles. The van der Waals surface area contributed by atoms with Crippen LogP contribution in [0.15, 0.2) is 18.6 Å². The van der Waals surface area contributed by atoms with E-state index < -0.39 is 0 Å². The van der Waals surface area contributed by atoms with Gasteiger partial charge in [0.2, 0.25) is 0 Å². The number of aromatic nitrogens is 2. The van der Waals surface area contributed by atoms with E-state index in [-0.39, 0.29) is 12.4 Å². The molecule has 0 radical (unpaired) electrons. The van der Waals surface area contributed by atoms with E-state index in [1.165, 1.54) is 32.5 Å². The van der Waals surface area contributed by atoms with Gasteiger partial charge in [-0.1, -0.05) is 0 Å². The van der Waals surface area contributed by atoms with Gasteiger partial charge in [0, 0.05) is 45.1 Å². The van der Waals surface area contributed by atoms with Gasteiger partial charge in [-0.25, -0.2) is 4.98 Å². The molecule has 0 aromatic carbocycles. The van der Waals surface area contributed by atoms with Gasteiger partial charge in [-0.15, -0.1) is 12.4 Å². The molecule has 2 aliphatic heterocycles. The lowest BCUT2D eigenvalue weighted by atomic mass is 9.97. The lowest BCUT2D eigenvalue weighted by Crippen LogP contribution is -2.48. The number of hydrogen-bond acceptors (Lipinski definition) is 5. The molecule has 1 aromatic heterocycles. The molecule has 0 aliphatic carbocycles. The topological polar surface area (TPSA) is 44.3 Å². The Morgan fingerprint density at radius 1 is 1.10 bits per heavy atom. The van der Waals surface area contributed by atoms with E-state index in [4.69, 9.17) is 0 Å². The average molecular weight is 298 g/mol. The number of piperidine rings is 1. The zero-order valence-corrected chi connectivity index (χ0v) is 12.7. The molecular weight excluding hydrogens is 274 g/mol. The van der Waals surface area contributed by atoms with Gasteiger partial charge in [0.25, 0.3) is 0 Å². The fraction of sp³-hybridized carbons (Fsp3) is 0.714. The molecule has 112 valence electrons. The highest BCUT2D eigenvalue weighted by Gasteiger charge is 2.21. The molecule has 6 heteroatoms. The van der Waals surface area contributed by atoms with Crippen LogP contribution in [0.5, 0.6) is 0 Å².